The zero-order valence-corrected chi connectivity index (χ0v) is 15.4. The number of carbonyl (C=O) groups excluding carboxylic acids is 1. The molecule has 0 aliphatic rings. The number of hydrogen-bond donors (Lipinski definition) is 2. The fraction of sp³-hybridized carbons (Fsp3) is 0.300. The van der Waals surface area contributed by atoms with Crippen LogP contribution in [-0.2, 0) is 13.1 Å². The molecule has 0 unspecified atom stereocenters. The number of nitrogens with one attached hydrogen (secondary N) is 2. The van der Waals surface area contributed by atoms with Crippen LogP contribution in [0.25, 0.3) is 0 Å². The van der Waals surface area contributed by atoms with E-state index in [4.69, 9.17) is 0 Å². The summed E-state index contributed by atoms with van der Waals surface area (Å²) in [6, 6.07) is 13.9. The van der Waals surface area contributed by atoms with Gasteiger partial charge in [-0.05, 0) is 42.3 Å². The number of rotatable bonds is 6. The molecule has 1 amide bonds. The number of carbonyl (C=O) groups is 1. The van der Waals surface area contributed by atoms with E-state index in [2.05, 4.69) is 15.6 Å². The van der Waals surface area contributed by atoms with E-state index in [1.807, 2.05) is 37.1 Å². The minimum atomic E-state index is -0.243. The summed E-state index contributed by atoms with van der Waals surface area (Å²) < 4.78 is 13.0. The summed E-state index contributed by atoms with van der Waals surface area (Å²) in [7, 11) is 3.55. The highest BCUT2D eigenvalue weighted by Crippen LogP contribution is 2.09. The smallest absolute Gasteiger partial charge is 0.251 e. The lowest BCUT2D eigenvalue weighted by Gasteiger charge is -2.22. The molecule has 2 rings (SSSR count). The molecule has 26 heavy (non-hydrogen) atoms. The van der Waals surface area contributed by atoms with Gasteiger partial charge in [0.2, 0.25) is 0 Å². The number of nitrogens with zero attached hydrogens (tertiary/aromatic N) is 2. The van der Waals surface area contributed by atoms with Crippen molar-refractivity contribution in [2.24, 2.45) is 4.99 Å². The third-order valence-electron chi connectivity index (χ3n) is 3.86. The standard InChI is InChI=1S/C20H25FN4O/c1-4-23-20(25(3)14-15-8-10-18(21)11-9-15)24-13-16-6-5-7-17(12-16)19(26)22-2/h5-12H,4,13-14H2,1-3H3,(H,22,26)(H,23,24). The van der Waals surface area contributed by atoms with Crippen LogP contribution in [0, 0.1) is 5.82 Å². The zero-order chi connectivity index (χ0) is 18.9. The van der Waals surface area contributed by atoms with Crippen LogP contribution < -0.4 is 10.6 Å². The van der Waals surface area contributed by atoms with Crippen LogP contribution in [0.4, 0.5) is 4.39 Å². The Morgan fingerprint density at radius 2 is 1.88 bits per heavy atom. The summed E-state index contributed by atoms with van der Waals surface area (Å²) in [4.78, 5) is 18.4. The SMILES string of the molecule is CCNC(=NCc1cccc(C(=O)NC)c1)N(C)Cc1ccc(F)cc1. The van der Waals surface area contributed by atoms with Crippen LogP contribution in [-0.4, -0.2) is 37.4 Å². The first kappa shape index (κ1) is 19.4. The second-order valence-electron chi connectivity index (χ2n) is 5.93. The van der Waals surface area contributed by atoms with Gasteiger partial charge in [0.05, 0.1) is 6.54 Å². The average molecular weight is 356 g/mol. The second kappa shape index (κ2) is 9.56. The molecule has 2 N–H and O–H groups in total. The second-order valence-corrected chi connectivity index (χ2v) is 5.93. The van der Waals surface area contributed by atoms with E-state index in [-0.39, 0.29) is 11.7 Å². The lowest BCUT2D eigenvalue weighted by molar-refractivity contribution is 0.0963. The van der Waals surface area contributed by atoms with E-state index in [0.29, 0.717) is 18.7 Å². The molecule has 0 spiro atoms. The Kier molecular flexibility index (Phi) is 7.14. The molecule has 0 aliphatic heterocycles. The molecule has 0 fully saturated rings. The van der Waals surface area contributed by atoms with Crippen molar-refractivity contribution in [1.82, 2.24) is 15.5 Å². The van der Waals surface area contributed by atoms with Gasteiger partial charge >= 0.3 is 0 Å². The third-order valence-corrected chi connectivity index (χ3v) is 3.86. The monoisotopic (exact) mass is 356 g/mol. The molecule has 138 valence electrons. The fourth-order valence-corrected chi connectivity index (χ4v) is 2.53. The van der Waals surface area contributed by atoms with E-state index in [1.54, 1.807) is 25.2 Å². The third kappa shape index (κ3) is 5.58. The van der Waals surface area contributed by atoms with Crippen LogP contribution >= 0.6 is 0 Å². The average Bonchev–Trinajstić information content (AvgIpc) is 2.66. The topological polar surface area (TPSA) is 56.7 Å². The molecule has 5 nitrogen and oxygen atoms in total. The van der Waals surface area contributed by atoms with Gasteiger partial charge in [-0.2, -0.15) is 0 Å². The van der Waals surface area contributed by atoms with Crippen molar-refractivity contribution in [3.63, 3.8) is 0 Å². The van der Waals surface area contributed by atoms with Crippen molar-refractivity contribution >= 4 is 11.9 Å². The Bertz CT molecular complexity index is 759. The molecule has 0 aliphatic carbocycles. The number of benzene rings is 2. The normalized spacial score (nSPS) is 11.2. The number of hydrogen-bond acceptors (Lipinski definition) is 2. The van der Waals surface area contributed by atoms with Gasteiger partial charge in [0.25, 0.3) is 5.91 Å². The van der Waals surface area contributed by atoms with E-state index in [1.165, 1.54) is 12.1 Å². The number of amides is 1. The maximum absolute atomic E-state index is 13.0. The largest absolute Gasteiger partial charge is 0.357 e. The maximum atomic E-state index is 13.0. The van der Waals surface area contributed by atoms with E-state index in [0.717, 1.165) is 23.6 Å². The van der Waals surface area contributed by atoms with E-state index >= 15 is 0 Å². The Labute approximate surface area is 153 Å². The molecule has 0 radical (unpaired) electrons. The Balaban J connectivity index is 2.10. The van der Waals surface area contributed by atoms with Crippen LogP contribution in [0.1, 0.15) is 28.4 Å². The lowest BCUT2D eigenvalue weighted by Crippen LogP contribution is -2.38. The summed E-state index contributed by atoms with van der Waals surface area (Å²) in [5, 5.41) is 5.88. The van der Waals surface area contributed by atoms with Gasteiger partial charge in [0.1, 0.15) is 5.82 Å². The molecule has 0 aromatic heterocycles. The van der Waals surface area contributed by atoms with Crippen LogP contribution in [0.5, 0.6) is 0 Å². The highest BCUT2D eigenvalue weighted by atomic mass is 19.1. The van der Waals surface area contributed by atoms with Crippen LogP contribution in [0.2, 0.25) is 0 Å². The van der Waals surface area contributed by atoms with Crippen LogP contribution in [0.3, 0.4) is 0 Å². The lowest BCUT2D eigenvalue weighted by atomic mass is 10.1. The van der Waals surface area contributed by atoms with Gasteiger partial charge in [-0.15, -0.1) is 0 Å². The Morgan fingerprint density at radius 1 is 1.15 bits per heavy atom. The molecular formula is C20H25FN4O. The highest BCUT2D eigenvalue weighted by molar-refractivity contribution is 5.94. The van der Waals surface area contributed by atoms with Gasteiger partial charge < -0.3 is 15.5 Å². The van der Waals surface area contributed by atoms with Crippen molar-refractivity contribution in [2.45, 2.75) is 20.0 Å². The van der Waals surface area contributed by atoms with Crippen molar-refractivity contribution < 1.29 is 9.18 Å². The van der Waals surface area contributed by atoms with Crippen molar-refractivity contribution in [3.8, 4) is 0 Å². The first-order chi connectivity index (χ1) is 12.5. The van der Waals surface area contributed by atoms with E-state index < -0.39 is 0 Å². The number of guanidine groups is 1. The number of aliphatic imine (C=N–C) groups is 1. The van der Waals surface area contributed by atoms with Gasteiger partial charge in [0, 0.05) is 32.7 Å². The quantitative estimate of drug-likeness (QED) is 0.618. The molecule has 6 heteroatoms. The van der Waals surface area contributed by atoms with Gasteiger partial charge in [0.15, 0.2) is 5.96 Å². The Morgan fingerprint density at radius 3 is 2.54 bits per heavy atom. The number of halogens is 1. The minimum Gasteiger partial charge on any atom is -0.357 e. The first-order valence-electron chi connectivity index (χ1n) is 8.58. The minimum absolute atomic E-state index is 0.115. The summed E-state index contributed by atoms with van der Waals surface area (Å²) in [6.07, 6.45) is 0. The molecule has 0 atom stereocenters. The zero-order valence-electron chi connectivity index (χ0n) is 15.4. The van der Waals surface area contributed by atoms with Gasteiger partial charge in [-0.1, -0.05) is 24.3 Å². The predicted octanol–water partition coefficient (Wildman–Crippen LogP) is 2.78. The maximum Gasteiger partial charge on any atom is 0.251 e. The van der Waals surface area contributed by atoms with Crippen LogP contribution in [0.15, 0.2) is 53.5 Å². The summed E-state index contributed by atoms with van der Waals surface area (Å²) >= 11 is 0. The van der Waals surface area contributed by atoms with Crippen molar-refractivity contribution in [3.05, 3.63) is 71.0 Å². The van der Waals surface area contributed by atoms with Gasteiger partial charge in [-0.3, -0.25) is 4.79 Å². The molecule has 0 heterocycles. The Hall–Kier alpha value is -2.89. The molecule has 0 saturated carbocycles. The summed E-state index contributed by atoms with van der Waals surface area (Å²) in [6.45, 7) is 3.82. The van der Waals surface area contributed by atoms with Crippen molar-refractivity contribution in [2.75, 3.05) is 20.6 Å². The first-order valence-corrected chi connectivity index (χ1v) is 8.58. The fourth-order valence-electron chi connectivity index (χ4n) is 2.53. The molecule has 2 aromatic carbocycles. The van der Waals surface area contributed by atoms with Gasteiger partial charge in [-0.25, -0.2) is 9.38 Å². The molecule has 0 saturated heterocycles. The summed E-state index contributed by atoms with van der Waals surface area (Å²) in [5.41, 5.74) is 2.57. The predicted molar refractivity (Wildman–Crippen MR) is 103 cm³/mol. The summed E-state index contributed by atoms with van der Waals surface area (Å²) in [5.74, 6) is 0.395. The van der Waals surface area contributed by atoms with E-state index in [9.17, 15) is 9.18 Å². The molecule has 0 bridgehead atoms. The molecule has 2 aromatic rings. The molecular weight excluding hydrogens is 331 g/mol. The van der Waals surface area contributed by atoms with Crippen molar-refractivity contribution in [1.29, 1.82) is 0 Å². The highest BCUT2D eigenvalue weighted by Gasteiger charge is 2.08.